The Morgan fingerprint density at radius 1 is 1.26 bits per heavy atom. The molecule has 8 heteroatoms. The molecule has 0 radical (unpaired) electrons. The molecule has 126 valence electrons. The lowest BCUT2D eigenvalue weighted by molar-refractivity contribution is -0.134. The fraction of sp³-hybridized carbons (Fsp3) is 0.467. The summed E-state index contributed by atoms with van der Waals surface area (Å²) in [5, 5.41) is 7.80. The first-order valence-electron chi connectivity index (χ1n) is 7.43. The summed E-state index contributed by atoms with van der Waals surface area (Å²) < 4.78 is 22.3. The normalized spacial score (nSPS) is 14.3. The predicted molar refractivity (Wildman–Crippen MR) is 84.9 cm³/mol. The standard InChI is InChI=1S/C15H21N3O4S/c1-11(19)18(13-4-5-13)10-15(20)17-9-8-12-2-6-14(7-3-12)23(16,21)22/h2-3,6-7,13H,4-5,8-10H2,1H3,(H,17,20)(H2,16,21,22). The SMILES string of the molecule is CC(=O)N(CC(=O)NCCc1ccc(S(N)(=O)=O)cc1)C1CC1. The van der Waals surface area contributed by atoms with Gasteiger partial charge in [0.05, 0.1) is 11.4 Å². The van der Waals surface area contributed by atoms with Gasteiger partial charge in [-0.25, -0.2) is 13.6 Å². The summed E-state index contributed by atoms with van der Waals surface area (Å²) in [6, 6.07) is 6.42. The van der Waals surface area contributed by atoms with Gasteiger partial charge in [-0.1, -0.05) is 12.1 Å². The minimum atomic E-state index is -3.68. The Bertz CT molecular complexity index is 681. The van der Waals surface area contributed by atoms with E-state index in [0.717, 1.165) is 18.4 Å². The van der Waals surface area contributed by atoms with E-state index in [1.807, 2.05) is 0 Å². The zero-order valence-corrected chi connectivity index (χ0v) is 13.8. The van der Waals surface area contributed by atoms with Gasteiger partial charge in [-0.3, -0.25) is 9.59 Å². The highest BCUT2D eigenvalue weighted by atomic mass is 32.2. The Morgan fingerprint density at radius 3 is 2.35 bits per heavy atom. The van der Waals surface area contributed by atoms with E-state index in [1.165, 1.54) is 19.1 Å². The van der Waals surface area contributed by atoms with Crippen molar-refractivity contribution in [1.82, 2.24) is 10.2 Å². The molecule has 1 aromatic rings. The first-order valence-corrected chi connectivity index (χ1v) is 8.97. The average Bonchev–Trinajstić information content (AvgIpc) is 3.28. The summed E-state index contributed by atoms with van der Waals surface area (Å²) in [6.07, 6.45) is 2.49. The van der Waals surface area contributed by atoms with E-state index in [0.29, 0.717) is 13.0 Å². The van der Waals surface area contributed by atoms with Crippen molar-refractivity contribution in [2.75, 3.05) is 13.1 Å². The molecule has 0 spiro atoms. The summed E-state index contributed by atoms with van der Waals surface area (Å²) in [5.41, 5.74) is 0.892. The molecular weight excluding hydrogens is 318 g/mol. The van der Waals surface area contributed by atoms with Gasteiger partial charge in [0.2, 0.25) is 21.8 Å². The van der Waals surface area contributed by atoms with Crippen molar-refractivity contribution in [2.24, 2.45) is 5.14 Å². The quantitative estimate of drug-likeness (QED) is 0.729. The topological polar surface area (TPSA) is 110 Å². The lowest BCUT2D eigenvalue weighted by Crippen LogP contribution is -2.41. The van der Waals surface area contributed by atoms with Gasteiger partial charge in [0.15, 0.2) is 0 Å². The van der Waals surface area contributed by atoms with Crippen LogP contribution in [-0.2, 0) is 26.0 Å². The minimum absolute atomic E-state index is 0.0619. The van der Waals surface area contributed by atoms with Crippen molar-refractivity contribution >= 4 is 21.8 Å². The van der Waals surface area contributed by atoms with Crippen molar-refractivity contribution in [1.29, 1.82) is 0 Å². The summed E-state index contributed by atoms with van der Waals surface area (Å²) in [6.45, 7) is 1.98. The molecule has 1 aromatic carbocycles. The lowest BCUT2D eigenvalue weighted by Gasteiger charge is -2.19. The second kappa shape index (κ2) is 7.10. The molecule has 0 aliphatic heterocycles. The number of primary sulfonamides is 1. The molecule has 1 aliphatic rings. The Labute approximate surface area is 135 Å². The molecule has 0 heterocycles. The number of nitrogens with two attached hydrogens (primary N) is 1. The third-order valence-corrected chi connectivity index (χ3v) is 4.62. The first-order chi connectivity index (χ1) is 10.8. The second-order valence-electron chi connectivity index (χ2n) is 5.67. The number of amides is 2. The van der Waals surface area contributed by atoms with Gasteiger partial charge < -0.3 is 10.2 Å². The van der Waals surface area contributed by atoms with Crippen LogP contribution in [0.25, 0.3) is 0 Å². The van der Waals surface area contributed by atoms with Gasteiger partial charge in [-0.05, 0) is 37.0 Å². The smallest absolute Gasteiger partial charge is 0.239 e. The van der Waals surface area contributed by atoms with E-state index in [2.05, 4.69) is 5.32 Å². The van der Waals surface area contributed by atoms with Crippen LogP contribution in [0.15, 0.2) is 29.2 Å². The number of nitrogens with one attached hydrogen (secondary N) is 1. The van der Waals surface area contributed by atoms with E-state index < -0.39 is 10.0 Å². The van der Waals surface area contributed by atoms with Crippen LogP contribution in [0, 0.1) is 0 Å². The molecule has 0 bridgehead atoms. The second-order valence-corrected chi connectivity index (χ2v) is 7.23. The summed E-state index contributed by atoms with van der Waals surface area (Å²) in [5.74, 6) is -0.269. The molecule has 23 heavy (non-hydrogen) atoms. The average molecular weight is 339 g/mol. The van der Waals surface area contributed by atoms with E-state index in [4.69, 9.17) is 5.14 Å². The molecule has 1 aliphatic carbocycles. The molecule has 3 N–H and O–H groups in total. The van der Waals surface area contributed by atoms with Crippen LogP contribution in [0.2, 0.25) is 0 Å². The number of hydrogen-bond donors (Lipinski definition) is 2. The number of rotatable bonds is 7. The summed E-state index contributed by atoms with van der Waals surface area (Å²) in [4.78, 5) is 25.0. The molecule has 0 aromatic heterocycles. The van der Waals surface area contributed by atoms with Gasteiger partial charge in [-0.15, -0.1) is 0 Å². The minimum Gasteiger partial charge on any atom is -0.354 e. The largest absolute Gasteiger partial charge is 0.354 e. The van der Waals surface area contributed by atoms with Crippen LogP contribution in [0.4, 0.5) is 0 Å². The number of carbonyl (C=O) groups is 2. The van der Waals surface area contributed by atoms with Crippen LogP contribution < -0.4 is 10.5 Å². The fourth-order valence-electron chi connectivity index (χ4n) is 2.29. The molecule has 1 saturated carbocycles. The maximum absolute atomic E-state index is 11.9. The maximum atomic E-state index is 11.9. The molecule has 7 nitrogen and oxygen atoms in total. The van der Waals surface area contributed by atoms with Crippen LogP contribution >= 0.6 is 0 Å². The Morgan fingerprint density at radius 2 is 1.87 bits per heavy atom. The molecular formula is C15H21N3O4S. The van der Waals surface area contributed by atoms with Gasteiger partial charge >= 0.3 is 0 Å². The molecule has 0 atom stereocenters. The van der Waals surface area contributed by atoms with E-state index in [-0.39, 0.29) is 29.3 Å². The molecule has 0 unspecified atom stereocenters. The molecule has 2 rings (SSSR count). The first kappa shape index (κ1) is 17.4. The fourth-order valence-corrected chi connectivity index (χ4v) is 2.80. The molecule has 1 fully saturated rings. The van der Waals surface area contributed by atoms with E-state index in [1.54, 1.807) is 17.0 Å². The zero-order valence-electron chi connectivity index (χ0n) is 13.0. The monoisotopic (exact) mass is 339 g/mol. The summed E-state index contributed by atoms with van der Waals surface area (Å²) >= 11 is 0. The number of carbonyl (C=O) groups excluding carboxylic acids is 2. The maximum Gasteiger partial charge on any atom is 0.239 e. The van der Waals surface area contributed by atoms with Crippen molar-refractivity contribution < 1.29 is 18.0 Å². The predicted octanol–water partition coefficient (Wildman–Crippen LogP) is 0.00360. The number of benzene rings is 1. The van der Waals surface area contributed by atoms with E-state index >= 15 is 0 Å². The van der Waals surface area contributed by atoms with Crippen molar-refractivity contribution in [3.8, 4) is 0 Å². The van der Waals surface area contributed by atoms with Crippen molar-refractivity contribution in [3.63, 3.8) is 0 Å². The van der Waals surface area contributed by atoms with Crippen molar-refractivity contribution in [3.05, 3.63) is 29.8 Å². The zero-order chi connectivity index (χ0) is 17.0. The number of nitrogens with zero attached hydrogens (tertiary/aromatic N) is 1. The third-order valence-electron chi connectivity index (χ3n) is 3.69. The Balaban J connectivity index is 1.78. The Hall–Kier alpha value is -1.93. The van der Waals surface area contributed by atoms with Crippen LogP contribution in [0.1, 0.15) is 25.3 Å². The Kier molecular flexibility index (Phi) is 5.38. The van der Waals surface area contributed by atoms with Gasteiger partial charge in [0, 0.05) is 19.5 Å². The van der Waals surface area contributed by atoms with Crippen LogP contribution in [0.5, 0.6) is 0 Å². The highest BCUT2D eigenvalue weighted by Crippen LogP contribution is 2.26. The van der Waals surface area contributed by atoms with Crippen LogP contribution in [-0.4, -0.2) is 44.3 Å². The van der Waals surface area contributed by atoms with Gasteiger partial charge in [-0.2, -0.15) is 0 Å². The molecule has 2 amide bonds. The molecule has 0 saturated heterocycles. The van der Waals surface area contributed by atoms with E-state index in [9.17, 15) is 18.0 Å². The summed E-state index contributed by atoms with van der Waals surface area (Å²) in [7, 11) is -3.68. The number of hydrogen-bond acceptors (Lipinski definition) is 4. The number of sulfonamides is 1. The van der Waals surface area contributed by atoms with Crippen LogP contribution in [0.3, 0.4) is 0 Å². The highest BCUT2D eigenvalue weighted by Gasteiger charge is 2.31. The van der Waals surface area contributed by atoms with Crippen molar-refractivity contribution in [2.45, 2.75) is 37.1 Å². The van der Waals surface area contributed by atoms with Gasteiger partial charge in [0.25, 0.3) is 0 Å². The third kappa shape index (κ3) is 5.33. The highest BCUT2D eigenvalue weighted by molar-refractivity contribution is 7.89. The van der Waals surface area contributed by atoms with Gasteiger partial charge in [0.1, 0.15) is 0 Å². The lowest BCUT2D eigenvalue weighted by atomic mass is 10.1.